The molecular weight excluding hydrogens is 498 g/mol. The Hall–Kier alpha value is -4.74. The number of aryl methyl sites for hydroxylation is 2. The molecule has 0 bridgehead atoms. The molecule has 0 unspecified atom stereocenters. The molecule has 1 aliphatic rings. The van der Waals surface area contributed by atoms with Gasteiger partial charge in [0.2, 0.25) is 0 Å². The monoisotopic (exact) mass is 529 g/mol. The van der Waals surface area contributed by atoms with Crippen LogP contribution in [0.2, 0.25) is 0 Å². The lowest BCUT2D eigenvalue weighted by Crippen LogP contribution is -2.22. The normalized spacial score (nSPS) is 13.3. The molecule has 40 heavy (non-hydrogen) atoms. The summed E-state index contributed by atoms with van der Waals surface area (Å²) in [5.41, 5.74) is 7.67. The summed E-state index contributed by atoms with van der Waals surface area (Å²) in [6, 6.07) is 11.6. The number of anilines is 1. The largest absolute Gasteiger partial charge is 0.322 e. The number of likely N-dealkylation sites (tertiary alicyclic amines) is 1. The first kappa shape index (κ1) is 25.5. The van der Waals surface area contributed by atoms with Crippen molar-refractivity contribution >= 4 is 17.2 Å². The molecular formula is C32H31N7O. The van der Waals surface area contributed by atoms with Crippen LogP contribution in [-0.2, 0) is 6.42 Å². The summed E-state index contributed by atoms with van der Waals surface area (Å²) in [6.07, 6.45) is 14.4. The van der Waals surface area contributed by atoms with Crippen LogP contribution >= 0.6 is 0 Å². The quantitative estimate of drug-likeness (QED) is 0.319. The van der Waals surface area contributed by atoms with E-state index >= 15 is 0 Å². The highest BCUT2D eigenvalue weighted by molar-refractivity contribution is 6.04. The van der Waals surface area contributed by atoms with Crippen LogP contribution in [0.1, 0.15) is 51.3 Å². The van der Waals surface area contributed by atoms with Crippen LogP contribution < -0.4 is 5.32 Å². The molecule has 8 nitrogen and oxygen atoms in total. The van der Waals surface area contributed by atoms with E-state index in [0.29, 0.717) is 5.56 Å². The lowest BCUT2D eigenvalue weighted by molar-refractivity contribution is 0.102. The van der Waals surface area contributed by atoms with E-state index in [1.54, 1.807) is 18.6 Å². The molecule has 0 atom stereocenters. The van der Waals surface area contributed by atoms with Crippen LogP contribution in [-0.4, -0.2) is 54.4 Å². The van der Waals surface area contributed by atoms with Crippen LogP contribution in [0.3, 0.4) is 0 Å². The van der Waals surface area contributed by atoms with Crippen LogP contribution in [0, 0.1) is 25.7 Å². The molecule has 1 N–H and O–H groups in total. The zero-order chi connectivity index (χ0) is 27.5. The van der Waals surface area contributed by atoms with Crippen molar-refractivity contribution in [1.29, 1.82) is 0 Å². The molecule has 5 aromatic rings. The number of hydrogen-bond acceptors (Lipinski definition) is 5. The molecule has 1 saturated heterocycles. The lowest BCUT2D eigenvalue weighted by atomic mass is 10.0. The predicted octanol–water partition coefficient (Wildman–Crippen LogP) is 4.82. The minimum atomic E-state index is -0.183. The second-order valence-corrected chi connectivity index (χ2v) is 10.3. The van der Waals surface area contributed by atoms with Gasteiger partial charge in [-0.25, -0.2) is 9.97 Å². The van der Waals surface area contributed by atoms with E-state index in [9.17, 15) is 4.79 Å². The van der Waals surface area contributed by atoms with Crippen LogP contribution in [0.4, 0.5) is 5.69 Å². The summed E-state index contributed by atoms with van der Waals surface area (Å²) < 4.78 is 3.91. The Morgan fingerprint density at radius 2 is 1.90 bits per heavy atom. The van der Waals surface area contributed by atoms with Gasteiger partial charge in [0, 0.05) is 54.1 Å². The summed E-state index contributed by atoms with van der Waals surface area (Å²) in [7, 11) is 0. The number of imidazole rings is 2. The van der Waals surface area contributed by atoms with Crippen molar-refractivity contribution in [2.75, 3.05) is 25.0 Å². The van der Waals surface area contributed by atoms with Gasteiger partial charge in [-0.15, -0.1) is 0 Å². The first-order valence-corrected chi connectivity index (χ1v) is 13.6. The summed E-state index contributed by atoms with van der Waals surface area (Å²) in [5.74, 6) is 6.21. The van der Waals surface area contributed by atoms with Crippen molar-refractivity contribution in [3.05, 3.63) is 107 Å². The summed E-state index contributed by atoms with van der Waals surface area (Å²) in [6.45, 7) is 7.44. The van der Waals surface area contributed by atoms with Gasteiger partial charge in [-0.05, 0) is 87.2 Å². The first-order valence-electron chi connectivity index (χ1n) is 13.6. The number of nitrogens with zero attached hydrogens (tertiary/aromatic N) is 6. The van der Waals surface area contributed by atoms with Crippen LogP contribution in [0.15, 0.2) is 73.7 Å². The highest BCUT2D eigenvalue weighted by Gasteiger charge is 2.13. The maximum absolute atomic E-state index is 13.3. The topological polar surface area (TPSA) is 80.3 Å². The Morgan fingerprint density at radius 3 is 2.77 bits per heavy atom. The Morgan fingerprint density at radius 1 is 1.02 bits per heavy atom. The average Bonchev–Trinajstić information content (AvgIpc) is 3.73. The van der Waals surface area contributed by atoms with Crippen molar-refractivity contribution in [1.82, 2.24) is 28.8 Å². The van der Waals surface area contributed by atoms with E-state index < -0.39 is 0 Å². The number of rotatable bonds is 6. The van der Waals surface area contributed by atoms with Crippen molar-refractivity contribution in [3.63, 3.8) is 0 Å². The molecule has 6 rings (SSSR count). The van der Waals surface area contributed by atoms with Crippen LogP contribution in [0.5, 0.6) is 0 Å². The average molecular weight is 530 g/mol. The fourth-order valence-corrected chi connectivity index (χ4v) is 5.06. The molecule has 0 saturated carbocycles. The molecule has 8 heteroatoms. The van der Waals surface area contributed by atoms with Crippen molar-refractivity contribution in [2.45, 2.75) is 33.1 Å². The maximum Gasteiger partial charge on any atom is 0.255 e. The number of carbonyl (C=O) groups excluding carboxylic acids is 1. The van der Waals surface area contributed by atoms with Crippen molar-refractivity contribution < 1.29 is 4.79 Å². The second-order valence-electron chi connectivity index (χ2n) is 10.3. The lowest BCUT2D eigenvalue weighted by Gasteiger charge is -2.12. The van der Waals surface area contributed by atoms with E-state index in [2.05, 4.69) is 49.3 Å². The Kier molecular flexibility index (Phi) is 7.13. The number of nitrogens with one attached hydrogen (secondary N) is 1. The second kappa shape index (κ2) is 11.2. The van der Waals surface area contributed by atoms with Gasteiger partial charge in [0.1, 0.15) is 5.69 Å². The van der Waals surface area contributed by atoms with Gasteiger partial charge >= 0.3 is 0 Å². The minimum absolute atomic E-state index is 0.183. The SMILES string of the molecule is Cc1cc(NC(=O)c2ccc(C)c(C#Cc3cnc4cnccn34)c2)cc(-n2cnc(CCN3CCCC3)c2)c1. The van der Waals surface area contributed by atoms with E-state index in [1.807, 2.05) is 65.7 Å². The standard InChI is InChI=1S/C32H31N7O/c1-23-15-28(18-30(16-23)38-21-27(35-22-38)9-13-37-11-3-4-12-37)36-32(40)26-6-5-24(2)25(17-26)7-8-29-19-34-31-20-33-10-14-39(29)31/h5-6,10,14-22H,3-4,9,11-13H2,1-2H3,(H,36,40). The highest BCUT2D eigenvalue weighted by Crippen LogP contribution is 2.20. The molecule has 0 aliphatic carbocycles. The Balaban J connectivity index is 1.18. The smallest absolute Gasteiger partial charge is 0.255 e. The third kappa shape index (κ3) is 5.65. The summed E-state index contributed by atoms with van der Waals surface area (Å²) in [4.78, 5) is 28.8. The first-order chi connectivity index (χ1) is 19.5. The molecule has 0 radical (unpaired) electrons. The molecule has 1 fully saturated rings. The van der Waals surface area contributed by atoms with Gasteiger partial charge < -0.3 is 14.8 Å². The van der Waals surface area contributed by atoms with Crippen molar-refractivity contribution in [3.8, 4) is 17.5 Å². The van der Waals surface area contributed by atoms with E-state index in [-0.39, 0.29) is 5.91 Å². The fourth-order valence-electron chi connectivity index (χ4n) is 5.06. The fraction of sp³-hybridized carbons (Fsp3) is 0.250. The molecule has 0 spiro atoms. The zero-order valence-electron chi connectivity index (χ0n) is 22.8. The van der Waals surface area contributed by atoms with E-state index in [0.717, 1.165) is 58.1 Å². The molecule has 4 heterocycles. The molecule has 1 aliphatic heterocycles. The molecule has 200 valence electrons. The van der Waals surface area contributed by atoms with Crippen LogP contribution in [0.25, 0.3) is 11.3 Å². The van der Waals surface area contributed by atoms with Gasteiger partial charge in [0.05, 0.1) is 24.4 Å². The minimum Gasteiger partial charge on any atom is -0.322 e. The molecule has 1 amide bonds. The predicted molar refractivity (Wildman–Crippen MR) is 156 cm³/mol. The number of amides is 1. The van der Waals surface area contributed by atoms with E-state index in [4.69, 9.17) is 0 Å². The van der Waals surface area contributed by atoms with Gasteiger partial charge in [0.15, 0.2) is 5.65 Å². The number of benzene rings is 2. The molecule has 3 aromatic heterocycles. The number of aromatic nitrogens is 5. The highest BCUT2D eigenvalue weighted by atomic mass is 16.1. The Bertz CT molecular complexity index is 1750. The summed E-state index contributed by atoms with van der Waals surface area (Å²) >= 11 is 0. The van der Waals surface area contributed by atoms with Crippen molar-refractivity contribution in [2.24, 2.45) is 0 Å². The van der Waals surface area contributed by atoms with E-state index in [1.165, 1.54) is 25.9 Å². The number of hydrogen-bond donors (Lipinski definition) is 1. The number of carbonyl (C=O) groups is 1. The molecule has 2 aromatic carbocycles. The summed E-state index contributed by atoms with van der Waals surface area (Å²) in [5, 5.41) is 3.07. The zero-order valence-corrected chi connectivity index (χ0v) is 22.8. The Labute approximate surface area is 233 Å². The third-order valence-electron chi connectivity index (χ3n) is 7.28. The van der Waals surface area contributed by atoms with Gasteiger partial charge in [0.25, 0.3) is 5.91 Å². The van der Waals surface area contributed by atoms with Gasteiger partial charge in [-0.2, -0.15) is 0 Å². The number of fused-ring (bicyclic) bond motifs is 1. The van der Waals surface area contributed by atoms with Gasteiger partial charge in [-0.3, -0.25) is 14.2 Å². The maximum atomic E-state index is 13.3. The third-order valence-corrected chi connectivity index (χ3v) is 7.28. The van der Waals surface area contributed by atoms with Gasteiger partial charge in [-0.1, -0.05) is 12.0 Å².